The molecule has 130 valence electrons. The van der Waals surface area contributed by atoms with Crippen LogP contribution in [-0.4, -0.2) is 46.2 Å². The maximum Gasteiger partial charge on any atom is 0.249 e. The van der Waals surface area contributed by atoms with E-state index in [1.165, 1.54) is 0 Å². The monoisotopic (exact) mass is 339 g/mol. The van der Waals surface area contributed by atoms with Gasteiger partial charge in [-0.2, -0.15) is 0 Å². The smallest absolute Gasteiger partial charge is 0.249 e. The topological polar surface area (TPSA) is 80.2 Å². The number of nitrogens with one attached hydrogen (secondary N) is 1. The van der Waals surface area contributed by atoms with Crippen molar-refractivity contribution in [3.05, 3.63) is 48.7 Å². The van der Waals surface area contributed by atoms with Crippen molar-refractivity contribution in [2.24, 2.45) is 5.92 Å². The number of rotatable bonds is 4. The zero-order chi connectivity index (χ0) is 17.1. The second-order valence-electron chi connectivity index (χ2n) is 6.54. The maximum atomic E-state index is 12.4. The van der Waals surface area contributed by atoms with Crippen molar-refractivity contribution in [1.29, 1.82) is 0 Å². The van der Waals surface area contributed by atoms with Gasteiger partial charge in [-0.3, -0.25) is 9.78 Å². The summed E-state index contributed by atoms with van der Waals surface area (Å²) in [6.45, 7) is 2.19. The summed E-state index contributed by atoms with van der Waals surface area (Å²) in [6, 6.07) is 5.72. The first-order chi connectivity index (χ1) is 12.3. The molecule has 2 aliphatic rings. The average molecular weight is 339 g/mol. The van der Waals surface area contributed by atoms with Crippen molar-refractivity contribution in [2.45, 2.75) is 31.6 Å². The molecule has 4 heterocycles. The molecule has 3 atom stereocenters. The van der Waals surface area contributed by atoms with E-state index in [1.54, 1.807) is 24.9 Å². The van der Waals surface area contributed by atoms with Gasteiger partial charge >= 0.3 is 0 Å². The first-order valence-electron chi connectivity index (χ1n) is 8.62. The Hall–Kier alpha value is -2.54. The predicted octanol–water partition coefficient (Wildman–Crippen LogP) is 1.17. The highest BCUT2D eigenvalue weighted by atomic mass is 16.5. The van der Waals surface area contributed by atoms with Crippen LogP contribution in [0.25, 0.3) is 0 Å². The third-order valence-electron chi connectivity index (χ3n) is 4.92. The normalized spacial score (nSPS) is 25.4. The number of carbonyl (C=O) groups excluding carboxylic acids is 1. The van der Waals surface area contributed by atoms with Gasteiger partial charge < -0.3 is 15.0 Å². The lowest BCUT2D eigenvalue weighted by Crippen LogP contribution is -2.43. The Balaban J connectivity index is 1.32. The minimum Gasteiger partial charge on any atom is -0.363 e. The van der Waals surface area contributed by atoms with Crippen molar-refractivity contribution < 1.29 is 9.53 Å². The van der Waals surface area contributed by atoms with E-state index in [4.69, 9.17) is 4.74 Å². The van der Waals surface area contributed by atoms with Gasteiger partial charge in [0, 0.05) is 38.2 Å². The molecule has 25 heavy (non-hydrogen) atoms. The van der Waals surface area contributed by atoms with E-state index in [0.29, 0.717) is 12.5 Å². The summed E-state index contributed by atoms with van der Waals surface area (Å²) in [5.74, 6) is 1.32. The summed E-state index contributed by atoms with van der Waals surface area (Å²) in [4.78, 5) is 27.0. The molecule has 0 saturated carbocycles. The quantitative estimate of drug-likeness (QED) is 0.901. The first-order valence-corrected chi connectivity index (χ1v) is 8.62. The van der Waals surface area contributed by atoms with Gasteiger partial charge in [0.15, 0.2) is 0 Å². The number of ether oxygens (including phenoxy) is 1. The number of anilines is 1. The second-order valence-corrected chi connectivity index (χ2v) is 6.54. The Morgan fingerprint density at radius 3 is 3.08 bits per heavy atom. The fraction of sp³-hybridized carbons (Fsp3) is 0.444. The summed E-state index contributed by atoms with van der Waals surface area (Å²) in [5.41, 5.74) is 0.987. The lowest BCUT2D eigenvalue weighted by molar-refractivity contribution is -0.132. The first kappa shape index (κ1) is 16.0. The molecule has 0 unspecified atom stereocenters. The van der Waals surface area contributed by atoms with E-state index in [9.17, 15) is 4.79 Å². The largest absolute Gasteiger partial charge is 0.363 e. The molecule has 4 rings (SSSR count). The van der Waals surface area contributed by atoms with Gasteiger partial charge in [-0.05, 0) is 36.5 Å². The molecule has 1 N–H and O–H groups in total. The van der Waals surface area contributed by atoms with Crippen LogP contribution >= 0.6 is 0 Å². The zero-order valence-corrected chi connectivity index (χ0v) is 13.9. The molecular weight excluding hydrogens is 318 g/mol. The minimum absolute atomic E-state index is 0.0353. The molecular formula is C18H21N5O2. The average Bonchev–Trinajstić information content (AvgIpc) is 3.11. The number of amides is 1. The van der Waals surface area contributed by atoms with E-state index < -0.39 is 0 Å². The number of fused-ring (bicyclic) bond motifs is 1. The van der Waals surface area contributed by atoms with Gasteiger partial charge in [0.2, 0.25) is 5.91 Å². The van der Waals surface area contributed by atoms with E-state index in [2.05, 4.69) is 25.2 Å². The van der Waals surface area contributed by atoms with E-state index in [-0.39, 0.29) is 18.1 Å². The van der Waals surface area contributed by atoms with Crippen molar-refractivity contribution in [1.82, 2.24) is 20.3 Å². The molecule has 0 bridgehead atoms. The minimum atomic E-state index is -0.364. The number of aromatic nitrogens is 3. The lowest BCUT2D eigenvalue weighted by Gasteiger charge is -2.34. The second kappa shape index (κ2) is 7.14. The Kier molecular flexibility index (Phi) is 4.56. The number of carbonyl (C=O) groups is 1. The van der Waals surface area contributed by atoms with Crippen molar-refractivity contribution in [3.63, 3.8) is 0 Å². The fourth-order valence-electron chi connectivity index (χ4n) is 3.58. The van der Waals surface area contributed by atoms with E-state index in [1.807, 2.05) is 18.2 Å². The van der Waals surface area contributed by atoms with Gasteiger partial charge in [0.25, 0.3) is 0 Å². The van der Waals surface area contributed by atoms with Gasteiger partial charge in [0.1, 0.15) is 18.2 Å². The third-order valence-corrected chi connectivity index (χ3v) is 4.92. The third kappa shape index (κ3) is 3.61. The Morgan fingerprint density at radius 1 is 1.32 bits per heavy atom. The maximum absolute atomic E-state index is 12.4. The number of nitrogens with zero attached hydrogens (tertiary/aromatic N) is 4. The standard InChI is InChI=1S/C18H21N5O2/c24-18(21-10-13-2-1-5-19-9-13)15-8-14-4-7-23(11-16(14)25-15)17-3-6-20-12-22-17/h1-3,5-6,9,12,14-16H,4,7-8,10-11H2,(H,21,24)/t14-,15+,16+/m1/s1. The van der Waals surface area contributed by atoms with Gasteiger partial charge in [-0.25, -0.2) is 9.97 Å². The van der Waals surface area contributed by atoms with Crippen LogP contribution in [0.3, 0.4) is 0 Å². The Bertz CT molecular complexity index is 712. The van der Waals surface area contributed by atoms with Crippen LogP contribution in [0.15, 0.2) is 43.1 Å². The Morgan fingerprint density at radius 2 is 2.28 bits per heavy atom. The molecule has 0 spiro atoms. The highest BCUT2D eigenvalue weighted by Crippen LogP contribution is 2.34. The summed E-state index contributed by atoms with van der Waals surface area (Å²) >= 11 is 0. The number of pyridine rings is 1. The van der Waals surface area contributed by atoms with E-state index in [0.717, 1.165) is 37.3 Å². The highest BCUT2D eigenvalue weighted by molar-refractivity contribution is 5.81. The molecule has 0 aliphatic carbocycles. The Labute approximate surface area is 146 Å². The molecule has 2 aromatic rings. The summed E-state index contributed by atoms with van der Waals surface area (Å²) < 4.78 is 6.05. The molecule has 7 heteroatoms. The van der Waals surface area contributed by atoms with Crippen molar-refractivity contribution in [3.8, 4) is 0 Å². The molecule has 0 aromatic carbocycles. The SMILES string of the molecule is O=C(NCc1cccnc1)[C@@H]1C[C@H]2CCN(c3ccncn3)C[C@@H]2O1. The summed E-state index contributed by atoms with van der Waals surface area (Å²) in [5, 5.41) is 2.96. The molecule has 2 saturated heterocycles. The lowest BCUT2D eigenvalue weighted by atomic mass is 9.91. The van der Waals surface area contributed by atoms with E-state index >= 15 is 0 Å². The number of piperidine rings is 1. The predicted molar refractivity (Wildman–Crippen MR) is 91.7 cm³/mol. The van der Waals surface area contributed by atoms with Crippen LogP contribution < -0.4 is 10.2 Å². The fourth-order valence-corrected chi connectivity index (χ4v) is 3.58. The van der Waals surface area contributed by atoms with Crippen LogP contribution in [0, 0.1) is 5.92 Å². The molecule has 7 nitrogen and oxygen atoms in total. The van der Waals surface area contributed by atoms with Crippen molar-refractivity contribution in [2.75, 3.05) is 18.0 Å². The summed E-state index contributed by atoms with van der Waals surface area (Å²) in [7, 11) is 0. The van der Waals surface area contributed by atoms with Gasteiger partial charge in [0.05, 0.1) is 6.10 Å². The molecule has 2 aliphatic heterocycles. The molecule has 2 aromatic heterocycles. The van der Waals surface area contributed by atoms with Crippen LogP contribution in [-0.2, 0) is 16.1 Å². The van der Waals surface area contributed by atoms with Gasteiger partial charge in [-0.15, -0.1) is 0 Å². The van der Waals surface area contributed by atoms with Crippen LogP contribution in [0.4, 0.5) is 5.82 Å². The van der Waals surface area contributed by atoms with Crippen LogP contribution in [0.2, 0.25) is 0 Å². The number of hydrogen-bond donors (Lipinski definition) is 1. The summed E-state index contributed by atoms with van der Waals surface area (Å²) in [6.07, 6.45) is 8.32. The zero-order valence-electron chi connectivity index (χ0n) is 13.9. The van der Waals surface area contributed by atoms with Crippen LogP contribution in [0.5, 0.6) is 0 Å². The molecule has 0 radical (unpaired) electrons. The highest BCUT2D eigenvalue weighted by Gasteiger charge is 2.42. The number of hydrogen-bond acceptors (Lipinski definition) is 6. The van der Waals surface area contributed by atoms with Gasteiger partial charge in [-0.1, -0.05) is 6.07 Å². The molecule has 2 fully saturated rings. The molecule has 1 amide bonds. The van der Waals surface area contributed by atoms with Crippen molar-refractivity contribution >= 4 is 11.7 Å². The van der Waals surface area contributed by atoms with Crippen LogP contribution in [0.1, 0.15) is 18.4 Å².